The molecule has 2 N–H and O–H groups in total. The summed E-state index contributed by atoms with van der Waals surface area (Å²) in [6.45, 7) is 1.58. The van der Waals surface area contributed by atoms with Crippen LogP contribution >= 0.6 is 11.8 Å². The summed E-state index contributed by atoms with van der Waals surface area (Å²) in [6, 6.07) is 1.78. The van der Waals surface area contributed by atoms with Crippen molar-refractivity contribution in [3.8, 4) is 6.07 Å². The minimum absolute atomic E-state index is 0.00607. The minimum atomic E-state index is -0.866. The summed E-state index contributed by atoms with van der Waals surface area (Å²) in [5.74, 6) is -0.970. The summed E-state index contributed by atoms with van der Waals surface area (Å²) >= 11 is 1.25. The molecule has 5 nitrogen and oxygen atoms in total. The first-order valence-corrected chi connectivity index (χ1v) is 5.17. The first kappa shape index (κ1) is 12.8. The first-order chi connectivity index (χ1) is 6.57. The molecule has 0 saturated carbocycles. The van der Waals surface area contributed by atoms with Crippen molar-refractivity contribution in [3.63, 3.8) is 0 Å². The number of rotatable bonds is 6. The fraction of sp³-hybridized carbons (Fsp3) is 0.625. The quantitative estimate of drug-likeness (QED) is 0.614. The van der Waals surface area contributed by atoms with Gasteiger partial charge in [-0.15, -0.1) is 0 Å². The molecule has 0 radical (unpaired) electrons. The van der Waals surface area contributed by atoms with Crippen LogP contribution in [0, 0.1) is 17.2 Å². The van der Waals surface area contributed by atoms with E-state index in [4.69, 9.17) is 10.4 Å². The third-order valence-electron chi connectivity index (χ3n) is 1.39. The molecule has 0 aromatic heterocycles. The molecule has 14 heavy (non-hydrogen) atoms. The Hall–Kier alpha value is -1.22. The summed E-state index contributed by atoms with van der Waals surface area (Å²) in [4.78, 5) is 21.3. The van der Waals surface area contributed by atoms with Gasteiger partial charge in [-0.3, -0.25) is 9.59 Å². The third-order valence-corrected chi connectivity index (χ3v) is 2.59. The van der Waals surface area contributed by atoms with Crippen molar-refractivity contribution in [3.05, 3.63) is 0 Å². The van der Waals surface area contributed by atoms with E-state index < -0.39 is 11.9 Å². The average Bonchev–Trinajstić information content (AvgIpc) is 2.14. The van der Waals surface area contributed by atoms with E-state index in [1.807, 2.05) is 0 Å². The number of carbonyl (C=O) groups excluding carboxylic acids is 1. The molecular weight excluding hydrogens is 204 g/mol. The summed E-state index contributed by atoms with van der Waals surface area (Å²) in [5.41, 5.74) is 0. The van der Waals surface area contributed by atoms with Crippen LogP contribution in [0.5, 0.6) is 0 Å². The highest BCUT2D eigenvalue weighted by molar-refractivity contribution is 7.99. The van der Waals surface area contributed by atoms with Crippen LogP contribution in [0.25, 0.3) is 0 Å². The number of thioether (sulfide) groups is 1. The van der Waals surface area contributed by atoms with Crippen molar-refractivity contribution in [1.82, 2.24) is 5.32 Å². The van der Waals surface area contributed by atoms with Crippen LogP contribution in [0.1, 0.15) is 6.92 Å². The van der Waals surface area contributed by atoms with Crippen LogP contribution in [-0.2, 0) is 9.59 Å². The average molecular weight is 216 g/mol. The number of amides is 1. The van der Waals surface area contributed by atoms with Gasteiger partial charge in [0.15, 0.2) is 0 Å². The lowest BCUT2D eigenvalue weighted by Gasteiger charge is -2.04. The van der Waals surface area contributed by atoms with Gasteiger partial charge in [-0.05, 0) is 0 Å². The van der Waals surface area contributed by atoms with E-state index in [0.29, 0.717) is 5.75 Å². The van der Waals surface area contributed by atoms with Crippen molar-refractivity contribution in [1.29, 1.82) is 5.26 Å². The summed E-state index contributed by atoms with van der Waals surface area (Å²) < 4.78 is 0. The normalized spacial score (nSPS) is 11.4. The molecular formula is C8H12N2O3S. The Balaban J connectivity index is 3.50. The summed E-state index contributed by atoms with van der Waals surface area (Å²) in [7, 11) is 0. The van der Waals surface area contributed by atoms with Crippen molar-refractivity contribution in [2.24, 2.45) is 5.92 Å². The van der Waals surface area contributed by atoms with Gasteiger partial charge in [0.2, 0.25) is 5.91 Å². The molecule has 0 aromatic carbocycles. The van der Waals surface area contributed by atoms with Crippen molar-refractivity contribution < 1.29 is 14.7 Å². The zero-order valence-corrected chi connectivity index (χ0v) is 8.63. The number of aliphatic carboxylic acids is 1. The highest BCUT2D eigenvalue weighted by Gasteiger charge is 2.11. The number of carboxylic acids is 1. The van der Waals surface area contributed by atoms with Crippen LogP contribution in [0.3, 0.4) is 0 Å². The lowest BCUT2D eigenvalue weighted by Crippen LogP contribution is -2.26. The molecule has 0 bridgehead atoms. The van der Waals surface area contributed by atoms with E-state index in [1.54, 1.807) is 13.0 Å². The summed E-state index contributed by atoms with van der Waals surface area (Å²) in [5, 5.41) is 19.1. The van der Waals surface area contributed by atoms with Gasteiger partial charge in [0.25, 0.3) is 0 Å². The van der Waals surface area contributed by atoms with Crippen molar-refractivity contribution >= 4 is 23.6 Å². The second-order valence-corrected chi connectivity index (χ2v) is 3.72. The molecule has 0 saturated heterocycles. The first-order valence-electron chi connectivity index (χ1n) is 4.02. The molecule has 0 aliphatic heterocycles. The lowest BCUT2D eigenvalue weighted by atomic mass is 10.2. The number of carbonyl (C=O) groups is 2. The maximum absolute atomic E-state index is 10.9. The molecule has 0 aromatic rings. The Morgan fingerprint density at radius 1 is 1.64 bits per heavy atom. The maximum Gasteiger partial charge on any atom is 0.307 e. The smallest absolute Gasteiger partial charge is 0.307 e. The van der Waals surface area contributed by atoms with E-state index in [-0.39, 0.29) is 18.2 Å². The Kier molecular flexibility index (Phi) is 6.58. The van der Waals surface area contributed by atoms with E-state index in [0.717, 1.165) is 0 Å². The van der Waals surface area contributed by atoms with E-state index in [1.165, 1.54) is 11.8 Å². The standard InChI is InChI=1S/C8H12N2O3S/c1-6(8(12)13)4-14-5-7(11)10-3-2-9/h6H,3-5H2,1H3,(H,10,11)(H,12,13). The predicted molar refractivity (Wildman–Crippen MR) is 52.7 cm³/mol. The van der Waals surface area contributed by atoms with Gasteiger partial charge in [0, 0.05) is 5.75 Å². The van der Waals surface area contributed by atoms with Crippen LogP contribution < -0.4 is 5.32 Å². The topological polar surface area (TPSA) is 90.2 Å². The van der Waals surface area contributed by atoms with Crippen LogP contribution in [0.4, 0.5) is 0 Å². The van der Waals surface area contributed by atoms with E-state index in [9.17, 15) is 9.59 Å². The van der Waals surface area contributed by atoms with Gasteiger partial charge in [-0.1, -0.05) is 6.92 Å². The fourth-order valence-corrected chi connectivity index (χ4v) is 1.49. The van der Waals surface area contributed by atoms with Gasteiger partial charge in [0.1, 0.15) is 6.54 Å². The van der Waals surface area contributed by atoms with Gasteiger partial charge in [0.05, 0.1) is 17.7 Å². The highest BCUT2D eigenvalue weighted by Crippen LogP contribution is 2.07. The minimum Gasteiger partial charge on any atom is -0.481 e. The molecule has 0 aliphatic carbocycles. The fourth-order valence-electron chi connectivity index (χ4n) is 0.589. The van der Waals surface area contributed by atoms with Crippen molar-refractivity contribution in [2.45, 2.75) is 6.92 Å². The molecule has 1 unspecified atom stereocenters. The SMILES string of the molecule is CC(CSCC(=O)NCC#N)C(=O)O. The Labute approximate surface area is 86.5 Å². The zero-order valence-electron chi connectivity index (χ0n) is 7.82. The number of nitriles is 1. The molecule has 0 heterocycles. The van der Waals surface area contributed by atoms with Gasteiger partial charge in [-0.25, -0.2) is 0 Å². The molecule has 0 fully saturated rings. The number of nitrogens with one attached hydrogen (secondary N) is 1. The molecule has 0 rings (SSSR count). The van der Waals surface area contributed by atoms with Gasteiger partial charge >= 0.3 is 5.97 Å². The van der Waals surface area contributed by atoms with E-state index in [2.05, 4.69) is 5.32 Å². The van der Waals surface area contributed by atoms with Crippen LogP contribution in [0.15, 0.2) is 0 Å². The molecule has 78 valence electrons. The predicted octanol–water partition coefficient (Wildman–Crippen LogP) is 0.0801. The molecule has 6 heteroatoms. The monoisotopic (exact) mass is 216 g/mol. The zero-order chi connectivity index (χ0) is 11.0. The Bertz CT molecular complexity index is 249. The van der Waals surface area contributed by atoms with Gasteiger partial charge < -0.3 is 10.4 Å². The van der Waals surface area contributed by atoms with E-state index >= 15 is 0 Å². The second kappa shape index (κ2) is 7.21. The maximum atomic E-state index is 10.9. The number of hydrogen-bond acceptors (Lipinski definition) is 4. The Morgan fingerprint density at radius 3 is 2.79 bits per heavy atom. The van der Waals surface area contributed by atoms with Crippen LogP contribution in [-0.4, -0.2) is 35.0 Å². The number of carboxylic acid groups (broad SMARTS) is 1. The molecule has 1 atom stereocenters. The summed E-state index contributed by atoms with van der Waals surface area (Å²) in [6.07, 6.45) is 0. The molecule has 0 aliphatic rings. The molecule has 1 amide bonds. The van der Waals surface area contributed by atoms with Crippen LogP contribution in [0.2, 0.25) is 0 Å². The largest absolute Gasteiger partial charge is 0.481 e. The van der Waals surface area contributed by atoms with Gasteiger partial charge in [-0.2, -0.15) is 17.0 Å². The number of nitrogens with zero attached hydrogens (tertiary/aromatic N) is 1. The second-order valence-electron chi connectivity index (χ2n) is 2.69. The molecule has 0 spiro atoms. The third kappa shape index (κ3) is 6.31. The lowest BCUT2D eigenvalue weighted by molar-refractivity contribution is -0.140. The number of hydrogen-bond donors (Lipinski definition) is 2. The van der Waals surface area contributed by atoms with Crippen molar-refractivity contribution in [2.75, 3.05) is 18.1 Å². The Morgan fingerprint density at radius 2 is 2.29 bits per heavy atom. The highest BCUT2D eigenvalue weighted by atomic mass is 32.2.